The number of sulfonamides is 1. The van der Waals surface area contributed by atoms with Crippen LogP contribution in [0.15, 0.2) is 46.9 Å². The third kappa shape index (κ3) is 6.13. The van der Waals surface area contributed by atoms with Crippen molar-refractivity contribution in [2.75, 3.05) is 33.8 Å². The zero-order valence-corrected chi connectivity index (χ0v) is 22.9. The number of hydrogen-bond acceptors (Lipinski definition) is 10. The number of halogens is 1. The molecule has 0 saturated carbocycles. The lowest BCUT2D eigenvalue weighted by atomic mass is 10.1. The fraction of sp³-hybridized carbons (Fsp3) is 0.227. The second-order valence-electron chi connectivity index (χ2n) is 6.96. The second kappa shape index (κ2) is 11.7. The van der Waals surface area contributed by atoms with E-state index in [9.17, 15) is 13.2 Å². The van der Waals surface area contributed by atoms with E-state index in [1.54, 1.807) is 57.9 Å². The first-order valence-electron chi connectivity index (χ1n) is 10.1. The lowest BCUT2D eigenvalue weighted by Gasteiger charge is -2.08. The Morgan fingerprint density at radius 3 is 2.14 bits per heavy atom. The predicted octanol–water partition coefficient (Wildman–Crippen LogP) is 3.40. The molecule has 0 aliphatic carbocycles. The summed E-state index contributed by atoms with van der Waals surface area (Å²) < 4.78 is 44.3. The van der Waals surface area contributed by atoms with Gasteiger partial charge in [-0.3, -0.25) is 4.79 Å². The SMILES string of the molecule is COc1ccc(-c2cn3nc(S(N)(=O)=O)sc3n2)c(OC)c1.COc1ccc(C(=O)CBr)c(OC)c1. The number of aromatic nitrogens is 3. The number of hydrogen-bond donors (Lipinski definition) is 1. The van der Waals surface area contributed by atoms with Crippen molar-refractivity contribution in [2.24, 2.45) is 5.14 Å². The Morgan fingerprint density at radius 2 is 1.61 bits per heavy atom. The van der Waals surface area contributed by atoms with Gasteiger partial charge in [0.25, 0.3) is 10.0 Å². The smallest absolute Gasteiger partial charge is 0.267 e. The molecule has 11 nitrogen and oxygen atoms in total. The number of nitrogens with two attached hydrogens (primary N) is 1. The predicted molar refractivity (Wildman–Crippen MR) is 138 cm³/mol. The molecule has 2 aromatic heterocycles. The number of carbonyl (C=O) groups is 1. The van der Waals surface area contributed by atoms with Gasteiger partial charge in [-0.25, -0.2) is 23.1 Å². The Kier molecular flexibility index (Phi) is 8.89. The van der Waals surface area contributed by atoms with Crippen LogP contribution in [0.3, 0.4) is 0 Å². The van der Waals surface area contributed by atoms with Crippen LogP contribution < -0.4 is 24.1 Å². The number of imidazole rings is 1. The Hall–Kier alpha value is -3.20. The highest BCUT2D eigenvalue weighted by atomic mass is 79.9. The van der Waals surface area contributed by atoms with E-state index < -0.39 is 10.0 Å². The summed E-state index contributed by atoms with van der Waals surface area (Å²) in [5.74, 6) is 2.46. The molecule has 0 bridgehead atoms. The van der Waals surface area contributed by atoms with Gasteiger partial charge in [-0.1, -0.05) is 27.3 Å². The Labute approximate surface area is 219 Å². The largest absolute Gasteiger partial charge is 0.497 e. The molecule has 0 atom stereocenters. The minimum absolute atomic E-state index is 0.00972. The summed E-state index contributed by atoms with van der Waals surface area (Å²) in [4.78, 5) is 16.2. The number of carbonyl (C=O) groups excluding carboxylic acids is 1. The van der Waals surface area contributed by atoms with Gasteiger partial charge in [0, 0.05) is 17.7 Å². The monoisotopic (exact) mass is 598 g/mol. The average Bonchev–Trinajstić information content (AvgIpc) is 3.47. The molecule has 0 aliphatic heterocycles. The van der Waals surface area contributed by atoms with E-state index in [-0.39, 0.29) is 15.5 Å². The molecule has 0 amide bonds. The van der Waals surface area contributed by atoms with E-state index in [4.69, 9.17) is 24.1 Å². The Bertz CT molecular complexity index is 1450. The molecule has 2 aromatic carbocycles. The molecule has 4 aromatic rings. The number of ketones is 1. The molecule has 0 radical (unpaired) electrons. The molecule has 2 N–H and O–H groups in total. The van der Waals surface area contributed by atoms with E-state index in [1.165, 1.54) is 11.6 Å². The van der Waals surface area contributed by atoms with Crippen LogP contribution in [0.2, 0.25) is 0 Å². The maximum atomic E-state index is 11.4. The number of Topliss-reactive ketones (excluding diaryl/α,β-unsaturated/α-hetero) is 1. The summed E-state index contributed by atoms with van der Waals surface area (Å²) >= 11 is 4.02. The van der Waals surface area contributed by atoms with Crippen molar-refractivity contribution in [1.29, 1.82) is 0 Å². The van der Waals surface area contributed by atoms with E-state index in [1.807, 2.05) is 6.07 Å². The van der Waals surface area contributed by atoms with Crippen LogP contribution in [-0.2, 0) is 10.0 Å². The molecule has 192 valence electrons. The number of fused-ring (bicyclic) bond motifs is 1. The molecule has 0 aliphatic rings. The highest BCUT2D eigenvalue weighted by molar-refractivity contribution is 9.09. The number of alkyl halides is 1. The maximum Gasteiger partial charge on any atom is 0.267 e. The van der Waals surface area contributed by atoms with Crippen LogP contribution >= 0.6 is 27.3 Å². The lowest BCUT2D eigenvalue weighted by Crippen LogP contribution is -2.12. The first-order valence-corrected chi connectivity index (χ1v) is 13.6. The summed E-state index contributed by atoms with van der Waals surface area (Å²) in [5.41, 5.74) is 1.92. The molecule has 0 unspecified atom stereocenters. The Morgan fingerprint density at radius 1 is 1.00 bits per heavy atom. The van der Waals surface area contributed by atoms with E-state index in [0.717, 1.165) is 16.9 Å². The number of ether oxygens (including phenoxy) is 4. The zero-order chi connectivity index (χ0) is 26.5. The summed E-state index contributed by atoms with van der Waals surface area (Å²) in [6.45, 7) is 0. The van der Waals surface area contributed by atoms with E-state index >= 15 is 0 Å². The summed E-state index contributed by atoms with van der Waals surface area (Å²) in [7, 11) is 2.39. The van der Waals surface area contributed by atoms with Crippen LogP contribution in [0.1, 0.15) is 10.4 Å². The van der Waals surface area contributed by atoms with Gasteiger partial charge in [0.2, 0.25) is 9.30 Å². The first kappa shape index (κ1) is 27.4. The van der Waals surface area contributed by atoms with Crippen molar-refractivity contribution in [3.05, 3.63) is 48.2 Å². The van der Waals surface area contributed by atoms with Gasteiger partial charge in [-0.2, -0.15) is 0 Å². The normalized spacial score (nSPS) is 10.9. The standard InChI is InChI=1S/C12H12N4O4S2.C10H11BrO3/c1-19-7-3-4-8(10(5-7)20-2)9-6-16-11(14-9)21-12(15-16)22(13,17)18;1-13-7-3-4-8(9(12)6-11)10(5-7)14-2/h3-6H,1-2H3,(H2,13,17,18);3-5H,6H2,1-2H3. The van der Waals surface area contributed by atoms with Gasteiger partial charge in [-0.15, -0.1) is 5.10 Å². The van der Waals surface area contributed by atoms with E-state index in [2.05, 4.69) is 26.0 Å². The van der Waals surface area contributed by atoms with Crippen molar-refractivity contribution in [2.45, 2.75) is 4.34 Å². The molecule has 2 heterocycles. The number of rotatable bonds is 8. The lowest BCUT2D eigenvalue weighted by molar-refractivity contribution is 0.102. The first-order chi connectivity index (χ1) is 17.1. The van der Waals surface area contributed by atoms with Crippen molar-refractivity contribution in [3.8, 4) is 34.3 Å². The highest BCUT2D eigenvalue weighted by Crippen LogP contribution is 2.33. The molecular weight excluding hydrogens is 576 g/mol. The molecule has 4 rings (SSSR count). The topological polar surface area (TPSA) is 144 Å². The van der Waals surface area contributed by atoms with Crippen molar-refractivity contribution < 1.29 is 32.2 Å². The van der Waals surface area contributed by atoms with Crippen molar-refractivity contribution >= 4 is 48.0 Å². The molecule has 14 heteroatoms. The minimum atomic E-state index is -3.83. The third-order valence-electron chi connectivity index (χ3n) is 4.78. The molecule has 0 spiro atoms. The summed E-state index contributed by atoms with van der Waals surface area (Å²) in [5, 5.41) is 9.25. The summed E-state index contributed by atoms with van der Waals surface area (Å²) in [6, 6.07) is 10.5. The number of methoxy groups -OCH3 is 4. The number of nitrogens with zero attached hydrogens (tertiary/aromatic N) is 3. The summed E-state index contributed by atoms with van der Waals surface area (Å²) in [6.07, 6.45) is 1.62. The average molecular weight is 599 g/mol. The fourth-order valence-electron chi connectivity index (χ4n) is 3.04. The van der Waals surface area contributed by atoms with Crippen LogP contribution in [0.4, 0.5) is 0 Å². The number of benzene rings is 2. The van der Waals surface area contributed by atoms with Gasteiger partial charge in [0.15, 0.2) is 5.78 Å². The molecule has 36 heavy (non-hydrogen) atoms. The van der Waals surface area contributed by atoms with Crippen LogP contribution in [0.25, 0.3) is 16.2 Å². The van der Waals surface area contributed by atoms with Gasteiger partial charge in [0.05, 0.1) is 51.2 Å². The minimum Gasteiger partial charge on any atom is -0.497 e. The third-order valence-corrected chi connectivity index (χ3v) is 7.52. The van der Waals surface area contributed by atoms with E-state index in [0.29, 0.717) is 39.2 Å². The Balaban J connectivity index is 0.000000223. The van der Waals surface area contributed by atoms with Crippen molar-refractivity contribution in [1.82, 2.24) is 14.6 Å². The van der Waals surface area contributed by atoms with Crippen LogP contribution in [-0.4, -0.2) is 62.6 Å². The molecular formula is C22H23BrN4O7S2. The molecule has 0 fully saturated rings. The molecule has 0 saturated heterocycles. The zero-order valence-electron chi connectivity index (χ0n) is 19.7. The highest BCUT2D eigenvalue weighted by Gasteiger charge is 2.18. The van der Waals surface area contributed by atoms with Gasteiger partial charge >= 0.3 is 0 Å². The van der Waals surface area contributed by atoms with Gasteiger partial charge in [-0.05, 0) is 24.3 Å². The maximum absolute atomic E-state index is 11.4. The van der Waals surface area contributed by atoms with Gasteiger partial charge < -0.3 is 18.9 Å². The van der Waals surface area contributed by atoms with Crippen LogP contribution in [0, 0.1) is 0 Å². The second-order valence-corrected chi connectivity index (χ2v) is 10.2. The van der Waals surface area contributed by atoms with Crippen molar-refractivity contribution in [3.63, 3.8) is 0 Å². The van der Waals surface area contributed by atoms with Gasteiger partial charge in [0.1, 0.15) is 23.0 Å². The fourth-order valence-corrected chi connectivity index (χ4v) is 4.85. The van der Waals surface area contributed by atoms with Crippen LogP contribution in [0.5, 0.6) is 23.0 Å². The number of primary sulfonamides is 1. The quantitative estimate of drug-likeness (QED) is 0.238.